The molecule has 2 aromatic carbocycles. The molecule has 1 aromatic heterocycles. The molecule has 0 aliphatic heterocycles. The summed E-state index contributed by atoms with van der Waals surface area (Å²) in [4.78, 5) is 4.58. The summed E-state index contributed by atoms with van der Waals surface area (Å²) in [6.45, 7) is 2.49. The third kappa shape index (κ3) is 4.97. The van der Waals surface area contributed by atoms with Gasteiger partial charge in [0.1, 0.15) is 11.5 Å². The molecular weight excluding hydrogens is 390 g/mol. The largest absolute Gasteiger partial charge is 0.497 e. The zero-order valence-corrected chi connectivity index (χ0v) is 17.6. The van der Waals surface area contributed by atoms with E-state index in [1.165, 1.54) is 11.3 Å². The van der Waals surface area contributed by atoms with Crippen molar-refractivity contribution in [1.82, 2.24) is 4.98 Å². The van der Waals surface area contributed by atoms with E-state index < -0.39 is 0 Å². The molecule has 0 aliphatic carbocycles. The minimum atomic E-state index is 0.561. The SMILES string of the molecule is CCOc1cc(/C=N\Nc2nc(-c3ccc(OC)cc3OC)cs2)ccc1OC. The highest BCUT2D eigenvalue weighted by Crippen LogP contribution is 2.34. The highest BCUT2D eigenvalue weighted by Gasteiger charge is 2.11. The van der Waals surface area contributed by atoms with Crippen LogP contribution in [0.1, 0.15) is 12.5 Å². The minimum absolute atomic E-state index is 0.561. The van der Waals surface area contributed by atoms with E-state index in [1.54, 1.807) is 27.5 Å². The van der Waals surface area contributed by atoms with Gasteiger partial charge in [-0.1, -0.05) is 0 Å². The number of benzene rings is 2. The molecule has 0 bridgehead atoms. The number of ether oxygens (including phenoxy) is 4. The van der Waals surface area contributed by atoms with E-state index in [1.807, 2.05) is 48.7 Å². The average molecular weight is 413 g/mol. The monoisotopic (exact) mass is 413 g/mol. The maximum atomic E-state index is 5.59. The Labute approximate surface area is 173 Å². The third-order valence-corrected chi connectivity index (χ3v) is 4.80. The Balaban J connectivity index is 1.72. The quantitative estimate of drug-likeness (QED) is 0.406. The van der Waals surface area contributed by atoms with Crippen LogP contribution in [-0.2, 0) is 0 Å². The topological polar surface area (TPSA) is 74.2 Å². The van der Waals surface area contributed by atoms with Crippen molar-refractivity contribution >= 4 is 22.7 Å². The molecule has 1 N–H and O–H groups in total. The summed E-state index contributed by atoms with van der Waals surface area (Å²) in [5.41, 5.74) is 5.54. The number of hydrogen-bond acceptors (Lipinski definition) is 8. The molecule has 0 atom stereocenters. The molecule has 1 heterocycles. The lowest BCUT2D eigenvalue weighted by atomic mass is 10.1. The van der Waals surface area contributed by atoms with Gasteiger partial charge in [-0.05, 0) is 42.8 Å². The van der Waals surface area contributed by atoms with Gasteiger partial charge >= 0.3 is 0 Å². The maximum Gasteiger partial charge on any atom is 0.203 e. The van der Waals surface area contributed by atoms with Crippen molar-refractivity contribution in [3.63, 3.8) is 0 Å². The molecule has 0 fully saturated rings. The molecule has 29 heavy (non-hydrogen) atoms. The van der Waals surface area contributed by atoms with Gasteiger partial charge < -0.3 is 18.9 Å². The number of anilines is 1. The van der Waals surface area contributed by atoms with Crippen molar-refractivity contribution in [1.29, 1.82) is 0 Å². The second kappa shape index (κ2) is 9.79. The summed E-state index contributed by atoms with van der Waals surface area (Å²) in [6.07, 6.45) is 1.71. The van der Waals surface area contributed by atoms with E-state index in [2.05, 4.69) is 15.5 Å². The predicted molar refractivity (Wildman–Crippen MR) is 116 cm³/mol. The Morgan fingerprint density at radius 2 is 1.83 bits per heavy atom. The number of hydrazone groups is 1. The zero-order valence-electron chi connectivity index (χ0n) is 16.8. The van der Waals surface area contributed by atoms with Gasteiger partial charge in [0, 0.05) is 17.0 Å². The van der Waals surface area contributed by atoms with Crippen molar-refractivity contribution in [3.8, 4) is 34.3 Å². The van der Waals surface area contributed by atoms with Gasteiger partial charge in [0.25, 0.3) is 0 Å². The number of aromatic nitrogens is 1. The normalized spacial score (nSPS) is 10.8. The summed E-state index contributed by atoms with van der Waals surface area (Å²) in [5, 5.41) is 6.89. The summed E-state index contributed by atoms with van der Waals surface area (Å²) >= 11 is 1.46. The lowest BCUT2D eigenvalue weighted by molar-refractivity contribution is 0.311. The maximum absolute atomic E-state index is 5.59. The van der Waals surface area contributed by atoms with Gasteiger partial charge in [0.05, 0.1) is 39.8 Å². The van der Waals surface area contributed by atoms with E-state index in [0.29, 0.717) is 29.0 Å². The lowest BCUT2D eigenvalue weighted by Gasteiger charge is -2.09. The van der Waals surface area contributed by atoms with Gasteiger partial charge in [-0.3, -0.25) is 5.43 Å². The Hall–Kier alpha value is -3.26. The summed E-state index contributed by atoms with van der Waals surface area (Å²) < 4.78 is 21.6. The van der Waals surface area contributed by atoms with Crippen LogP contribution in [0.15, 0.2) is 46.9 Å². The first kappa shape index (κ1) is 20.5. The van der Waals surface area contributed by atoms with Gasteiger partial charge in [-0.2, -0.15) is 5.10 Å². The summed E-state index contributed by atoms with van der Waals surface area (Å²) in [7, 11) is 4.86. The molecule has 0 radical (unpaired) electrons. The minimum Gasteiger partial charge on any atom is -0.497 e. The van der Waals surface area contributed by atoms with Crippen molar-refractivity contribution in [2.75, 3.05) is 33.4 Å². The van der Waals surface area contributed by atoms with Crippen LogP contribution in [0.3, 0.4) is 0 Å². The number of thiazole rings is 1. The molecule has 3 aromatic rings. The Morgan fingerprint density at radius 1 is 1.00 bits per heavy atom. The smallest absolute Gasteiger partial charge is 0.203 e. The molecular formula is C21H23N3O4S. The molecule has 0 aliphatic rings. The van der Waals surface area contributed by atoms with Gasteiger partial charge in [0.15, 0.2) is 11.5 Å². The second-order valence-electron chi connectivity index (χ2n) is 5.82. The summed E-state index contributed by atoms with van der Waals surface area (Å²) in [6, 6.07) is 11.3. The van der Waals surface area contributed by atoms with E-state index >= 15 is 0 Å². The Morgan fingerprint density at radius 3 is 2.55 bits per heavy atom. The molecule has 8 heteroatoms. The van der Waals surface area contributed by atoms with Crippen LogP contribution in [0.25, 0.3) is 11.3 Å². The van der Waals surface area contributed by atoms with Gasteiger partial charge in [-0.15, -0.1) is 11.3 Å². The van der Waals surface area contributed by atoms with Crippen molar-refractivity contribution in [2.45, 2.75) is 6.92 Å². The van der Waals surface area contributed by atoms with E-state index in [9.17, 15) is 0 Å². The third-order valence-electron chi connectivity index (χ3n) is 4.05. The first-order chi connectivity index (χ1) is 14.2. The van der Waals surface area contributed by atoms with E-state index in [-0.39, 0.29) is 0 Å². The van der Waals surface area contributed by atoms with Crippen LogP contribution < -0.4 is 24.4 Å². The van der Waals surface area contributed by atoms with Crippen LogP contribution in [0.4, 0.5) is 5.13 Å². The van der Waals surface area contributed by atoms with Crippen LogP contribution in [-0.4, -0.2) is 39.1 Å². The van der Waals surface area contributed by atoms with Crippen LogP contribution in [0.2, 0.25) is 0 Å². The second-order valence-corrected chi connectivity index (χ2v) is 6.68. The first-order valence-corrected chi connectivity index (χ1v) is 9.84. The molecule has 152 valence electrons. The molecule has 7 nitrogen and oxygen atoms in total. The van der Waals surface area contributed by atoms with E-state index in [4.69, 9.17) is 18.9 Å². The predicted octanol–water partition coefficient (Wildman–Crippen LogP) is 4.68. The number of nitrogens with zero attached hydrogens (tertiary/aromatic N) is 2. The van der Waals surface area contributed by atoms with Crippen molar-refractivity contribution < 1.29 is 18.9 Å². The highest BCUT2D eigenvalue weighted by molar-refractivity contribution is 7.14. The number of rotatable bonds is 9. The van der Waals surface area contributed by atoms with Gasteiger partial charge in [0.2, 0.25) is 5.13 Å². The summed E-state index contributed by atoms with van der Waals surface area (Å²) in [5.74, 6) is 2.80. The number of nitrogens with one attached hydrogen (secondary N) is 1. The Kier molecular flexibility index (Phi) is 6.91. The van der Waals surface area contributed by atoms with Gasteiger partial charge in [-0.25, -0.2) is 4.98 Å². The Bertz CT molecular complexity index is 988. The fourth-order valence-electron chi connectivity index (χ4n) is 2.66. The highest BCUT2D eigenvalue weighted by atomic mass is 32.1. The number of methoxy groups -OCH3 is 3. The molecule has 0 saturated carbocycles. The first-order valence-electron chi connectivity index (χ1n) is 8.96. The van der Waals surface area contributed by atoms with E-state index in [0.717, 1.165) is 22.6 Å². The van der Waals surface area contributed by atoms with Crippen LogP contribution >= 0.6 is 11.3 Å². The van der Waals surface area contributed by atoms with Crippen molar-refractivity contribution in [2.24, 2.45) is 5.10 Å². The molecule has 0 saturated heterocycles. The standard InChI is InChI=1S/C21H23N3O4S/c1-5-28-20-10-14(6-9-18(20)26-3)12-22-24-21-23-17(13-29-21)16-8-7-15(25-2)11-19(16)27-4/h6-13H,5H2,1-4H3,(H,23,24)/b22-12-. The average Bonchev–Trinajstić information content (AvgIpc) is 3.22. The molecule has 0 amide bonds. The molecule has 3 rings (SSSR count). The van der Waals surface area contributed by atoms with Crippen LogP contribution in [0.5, 0.6) is 23.0 Å². The molecule has 0 spiro atoms. The fourth-order valence-corrected chi connectivity index (χ4v) is 3.32. The van der Waals surface area contributed by atoms with Crippen LogP contribution in [0, 0.1) is 0 Å². The zero-order chi connectivity index (χ0) is 20.6. The fraction of sp³-hybridized carbons (Fsp3) is 0.238. The lowest BCUT2D eigenvalue weighted by Crippen LogP contribution is -1.97. The molecule has 0 unspecified atom stereocenters. The number of hydrogen-bond donors (Lipinski definition) is 1. The van der Waals surface area contributed by atoms with Crippen molar-refractivity contribution in [3.05, 3.63) is 47.3 Å².